The van der Waals surface area contributed by atoms with Crippen LogP contribution in [0.15, 0.2) is 36.4 Å². The van der Waals surface area contributed by atoms with Gasteiger partial charge in [0.05, 0.1) is 26.3 Å². The number of rotatable bonds is 7. The van der Waals surface area contributed by atoms with Crippen LogP contribution in [0.2, 0.25) is 0 Å². The first kappa shape index (κ1) is 16.4. The third kappa shape index (κ3) is 3.63. The largest absolute Gasteiger partial charge is 0.496 e. The van der Waals surface area contributed by atoms with Crippen molar-refractivity contribution in [1.82, 2.24) is 0 Å². The lowest BCUT2D eigenvalue weighted by molar-refractivity contribution is -0.384. The van der Waals surface area contributed by atoms with E-state index in [1.165, 1.54) is 6.07 Å². The van der Waals surface area contributed by atoms with Crippen molar-refractivity contribution in [2.24, 2.45) is 0 Å². The van der Waals surface area contributed by atoms with Gasteiger partial charge in [-0.2, -0.15) is 0 Å². The Hall–Kier alpha value is -2.96. The van der Waals surface area contributed by atoms with Crippen LogP contribution >= 0.6 is 0 Å². The summed E-state index contributed by atoms with van der Waals surface area (Å²) in [5.41, 5.74) is 1.25. The molecule has 0 heterocycles. The molecule has 0 aliphatic rings. The molecule has 0 unspecified atom stereocenters. The van der Waals surface area contributed by atoms with Gasteiger partial charge >= 0.3 is 0 Å². The Morgan fingerprint density at radius 2 is 1.61 bits per heavy atom. The molecule has 0 aromatic heterocycles. The smallest absolute Gasteiger partial charge is 0.292 e. The Kier molecular flexibility index (Phi) is 5.24. The van der Waals surface area contributed by atoms with E-state index >= 15 is 0 Å². The van der Waals surface area contributed by atoms with Crippen molar-refractivity contribution in [2.75, 3.05) is 26.6 Å². The van der Waals surface area contributed by atoms with Crippen molar-refractivity contribution in [2.45, 2.75) is 6.54 Å². The van der Waals surface area contributed by atoms with Gasteiger partial charge in [-0.05, 0) is 12.1 Å². The standard InChI is InChI=1S/C16H18N2O5/c1-21-14-9-16(23-3)15(22-2)8-11(14)10-17-12-6-4-5-7-13(12)18(19)20/h4-9,17H,10H2,1-3H3. The fourth-order valence-electron chi connectivity index (χ4n) is 2.20. The summed E-state index contributed by atoms with van der Waals surface area (Å²) in [6, 6.07) is 9.97. The van der Waals surface area contributed by atoms with Gasteiger partial charge in [0.2, 0.25) is 0 Å². The van der Waals surface area contributed by atoms with Crippen molar-refractivity contribution in [3.8, 4) is 17.2 Å². The second-order valence-electron chi connectivity index (χ2n) is 4.65. The van der Waals surface area contributed by atoms with E-state index in [2.05, 4.69) is 5.32 Å². The van der Waals surface area contributed by atoms with Crippen LogP contribution in [-0.4, -0.2) is 26.3 Å². The number of para-hydroxylation sites is 2. The number of nitro groups is 1. The molecule has 0 aliphatic carbocycles. The summed E-state index contributed by atoms with van der Waals surface area (Å²) in [7, 11) is 4.64. The lowest BCUT2D eigenvalue weighted by Crippen LogP contribution is -2.05. The Bertz CT molecular complexity index is 703. The quantitative estimate of drug-likeness (QED) is 0.623. The third-order valence-corrected chi connectivity index (χ3v) is 3.36. The zero-order chi connectivity index (χ0) is 16.8. The number of nitrogens with zero attached hydrogens (tertiary/aromatic N) is 1. The molecule has 0 atom stereocenters. The van der Waals surface area contributed by atoms with Gasteiger partial charge in [-0.25, -0.2) is 0 Å². The zero-order valence-electron chi connectivity index (χ0n) is 13.2. The van der Waals surface area contributed by atoms with Crippen LogP contribution in [0.5, 0.6) is 17.2 Å². The van der Waals surface area contributed by atoms with Gasteiger partial charge in [0.15, 0.2) is 11.5 Å². The molecule has 0 radical (unpaired) electrons. The molecule has 0 saturated carbocycles. The van der Waals surface area contributed by atoms with Gasteiger partial charge in [0, 0.05) is 24.2 Å². The van der Waals surface area contributed by atoms with Crippen molar-refractivity contribution in [1.29, 1.82) is 0 Å². The van der Waals surface area contributed by atoms with Crippen LogP contribution in [0.4, 0.5) is 11.4 Å². The van der Waals surface area contributed by atoms with Crippen LogP contribution < -0.4 is 19.5 Å². The molecule has 0 amide bonds. The summed E-state index contributed by atoms with van der Waals surface area (Å²) in [4.78, 5) is 10.6. The molecule has 1 N–H and O–H groups in total. The van der Waals surface area contributed by atoms with Crippen molar-refractivity contribution in [3.63, 3.8) is 0 Å². The first-order valence-electron chi connectivity index (χ1n) is 6.87. The Morgan fingerprint density at radius 3 is 2.22 bits per heavy atom. The number of hydrogen-bond acceptors (Lipinski definition) is 6. The summed E-state index contributed by atoms with van der Waals surface area (Å²) in [6.07, 6.45) is 0. The van der Waals surface area contributed by atoms with Crippen molar-refractivity contribution in [3.05, 3.63) is 52.1 Å². The molecule has 2 aromatic carbocycles. The molecule has 0 saturated heterocycles. The highest BCUT2D eigenvalue weighted by molar-refractivity contribution is 5.62. The maximum Gasteiger partial charge on any atom is 0.292 e. The SMILES string of the molecule is COc1cc(OC)c(OC)cc1CNc1ccccc1[N+](=O)[O-]. The lowest BCUT2D eigenvalue weighted by atomic mass is 10.1. The van der Waals surface area contributed by atoms with Crippen LogP contribution in [0.1, 0.15) is 5.56 Å². The summed E-state index contributed by atoms with van der Waals surface area (Å²) >= 11 is 0. The van der Waals surface area contributed by atoms with E-state index in [0.29, 0.717) is 29.5 Å². The van der Waals surface area contributed by atoms with E-state index < -0.39 is 4.92 Å². The normalized spacial score (nSPS) is 10.0. The molecular weight excluding hydrogens is 300 g/mol. The average Bonchev–Trinajstić information content (AvgIpc) is 2.59. The van der Waals surface area contributed by atoms with Gasteiger partial charge in [-0.1, -0.05) is 12.1 Å². The van der Waals surface area contributed by atoms with Gasteiger partial charge in [-0.3, -0.25) is 10.1 Å². The predicted molar refractivity (Wildman–Crippen MR) is 86.5 cm³/mol. The topological polar surface area (TPSA) is 82.9 Å². The van der Waals surface area contributed by atoms with Crippen molar-refractivity contribution < 1.29 is 19.1 Å². The summed E-state index contributed by atoms with van der Waals surface area (Å²) in [5, 5.41) is 14.1. The minimum absolute atomic E-state index is 0.0203. The summed E-state index contributed by atoms with van der Waals surface area (Å²) < 4.78 is 15.9. The highest BCUT2D eigenvalue weighted by Gasteiger charge is 2.15. The van der Waals surface area contributed by atoms with Crippen LogP contribution in [-0.2, 0) is 6.54 Å². The minimum Gasteiger partial charge on any atom is -0.496 e. The summed E-state index contributed by atoms with van der Waals surface area (Å²) in [5.74, 6) is 1.72. The zero-order valence-corrected chi connectivity index (χ0v) is 13.2. The van der Waals surface area contributed by atoms with E-state index in [1.807, 2.05) is 0 Å². The molecule has 0 spiro atoms. The second-order valence-corrected chi connectivity index (χ2v) is 4.65. The molecule has 0 fully saturated rings. The number of nitrogens with one attached hydrogen (secondary N) is 1. The van der Waals surface area contributed by atoms with Crippen LogP contribution in [0, 0.1) is 10.1 Å². The molecule has 0 aliphatic heterocycles. The number of benzene rings is 2. The first-order valence-corrected chi connectivity index (χ1v) is 6.87. The van der Waals surface area contributed by atoms with Crippen molar-refractivity contribution >= 4 is 11.4 Å². The number of hydrogen-bond donors (Lipinski definition) is 1. The molecule has 7 heteroatoms. The van der Waals surface area contributed by atoms with Crippen LogP contribution in [0.25, 0.3) is 0 Å². The Labute approximate surface area is 133 Å². The first-order chi connectivity index (χ1) is 11.1. The minimum atomic E-state index is -0.422. The van der Waals surface area contributed by atoms with Gasteiger partial charge < -0.3 is 19.5 Å². The molecule has 0 bridgehead atoms. The number of ether oxygens (including phenoxy) is 3. The highest BCUT2D eigenvalue weighted by Crippen LogP contribution is 2.35. The molecule has 7 nitrogen and oxygen atoms in total. The fourth-order valence-corrected chi connectivity index (χ4v) is 2.20. The molecule has 2 aromatic rings. The van der Waals surface area contributed by atoms with E-state index in [9.17, 15) is 10.1 Å². The average molecular weight is 318 g/mol. The molecule has 122 valence electrons. The van der Waals surface area contributed by atoms with Gasteiger partial charge in [0.1, 0.15) is 11.4 Å². The maximum atomic E-state index is 11.0. The second kappa shape index (κ2) is 7.35. The van der Waals surface area contributed by atoms with Gasteiger partial charge in [0.25, 0.3) is 5.69 Å². The van der Waals surface area contributed by atoms with E-state index in [0.717, 1.165) is 5.56 Å². The van der Waals surface area contributed by atoms with E-state index in [-0.39, 0.29) is 5.69 Å². The Balaban J connectivity index is 2.28. The molecule has 23 heavy (non-hydrogen) atoms. The van der Waals surface area contributed by atoms with Crippen LogP contribution in [0.3, 0.4) is 0 Å². The van der Waals surface area contributed by atoms with E-state index in [4.69, 9.17) is 14.2 Å². The maximum absolute atomic E-state index is 11.0. The van der Waals surface area contributed by atoms with E-state index in [1.54, 1.807) is 51.7 Å². The lowest BCUT2D eigenvalue weighted by Gasteiger charge is -2.15. The highest BCUT2D eigenvalue weighted by atomic mass is 16.6. The number of methoxy groups -OCH3 is 3. The Morgan fingerprint density at radius 1 is 1.00 bits per heavy atom. The molecular formula is C16H18N2O5. The fraction of sp³-hybridized carbons (Fsp3) is 0.250. The number of nitro benzene ring substituents is 1. The monoisotopic (exact) mass is 318 g/mol. The van der Waals surface area contributed by atoms with Gasteiger partial charge in [-0.15, -0.1) is 0 Å². The number of anilines is 1. The molecule has 2 rings (SSSR count). The predicted octanol–water partition coefficient (Wildman–Crippen LogP) is 3.23. The summed E-state index contributed by atoms with van der Waals surface area (Å²) in [6.45, 7) is 0.342. The third-order valence-electron chi connectivity index (χ3n) is 3.36.